The molecule has 1 aliphatic rings. The van der Waals surface area contributed by atoms with Crippen molar-refractivity contribution in [2.24, 2.45) is 0 Å². The first kappa shape index (κ1) is 12.8. The Bertz CT molecular complexity index is 434. The van der Waals surface area contributed by atoms with E-state index in [4.69, 9.17) is 4.74 Å². The summed E-state index contributed by atoms with van der Waals surface area (Å²) in [6, 6.07) is 1.71. The second-order valence-corrected chi connectivity index (χ2v) is 4.89. The molecule has 0 saturated carbocycles. The van der Waals surface area contributed by atoms with Crippen molar-refractivity contribution in [2.75, 3.05) is 34.2 Å². The van der Waals surface area contributed by atoms with Gasteiger partial charge in [0.15, 0.2) is 5.75 Å². The van der Waals surface area contributed by atoms with Gasteiger partial charge in [-0.15, -0.1) is 0 Å². The summed E-state index contributed by atoms with van der Waals surface area (Å²) in [5.41, 5.74) is 0.597. The van der Waals surface area contributed by atoms with Crippen LogP contribution in [0.25, 0.3) is 0 Å². The number of aromatic nitrogens is 1. The van der Waals surface area contributed by atoms with Crippen LogP contribution in [-0.2, 0) is 0 Å². The average molecular weight is 249 g/mol. The molecule has 2 rings (SSSR count). The van der Waals surface area contributed by atoms with Gasteiger partial charge in [-0.3, -0.25) is 9.78 Å². The highest BCUT2D eigenvalue weighted by molar-refractivity contribution is 5.96. The van der Waals surface area contributed by atoms with Gasteiger partial charge in [-0.2, -0.15) is 0 Å². The monoisotopic (exact) mass is 249 g/mol. The molecule has 0 aliphatic carbocycles. The molecule has 1 aromatic heterocycles. The molecule has 18 heavy (non-hydrogen) atoms. The lowest BCUT2D eigenvalue weighted by Crippen LogP contribution is -2.35. The Morgan fingerprint density at radius 3 is 3.06 bits per heavy atom. The normalized spacial score (nSPS) is 19.4. The SMILES string of the molecule is CN(C)CCC1CN(C)C(=O)c2ccncc2O1. The van der Waals surface area contributed by atoms with Gasteiger partial charge in [0.1, 0.15) is 6.10 Å². The Balaban J connectivity index is 2.17. The van der Waals surface area contributed by atoms with E-state index in [1.807, 2.05) is 21.1 Å². The first-order chi connectivity index (χ1) is 8.58. The lowest BCUT2D eigenvalue weighted by Gasteiger charge is -2.21. The maximum Gasteiger partial charge on any atom is 0.257 e. The van der Waals surface area contributed by atoms with Crippen molar-refractivity contribution in [1.82, 2.24) is 14.8 Å². The zero-order chi connectivity index (χ0) is 13.1. The first-order valence-corrected chi connectivity index (χ1v) is 6.09. The number of carbonyl (C=O) groups is 1. The lowest BCUT2D eigenvalue weighted by atomic mass is 10.2. The van der Waals surface area contributed by atoms with Crippen molar-refractivity contribution in [3.05, 3.63) is 24.0 Å². The molecule has 0 N–H and O–H groups in total. The molecule has 0 spiro atoms. The van der Waals surface area contributed by atoms with Gasteiger partial charge in [-0.1, -0.05) is 0 Å². The van der Waals surface area contributed by atoms with Crippen molar-refractivity contribution < 1.29 is 9.53 Å². The summed E-state index contributed by atoms with van der Waals surface area (Å²) < 4.78 is 5.90. The van der Waals surface area contributed by atoms with E-state index in [9.17, 15) is 4.79 Å². The Labute approximate surface area is 107 Å². The molecule has 1 amide bonds. The number of rotatable bonds is 3. The van der Waals surface area contributed by atoms with Gasteiger partial charge in [0.25, 0.3) is 5.91 Å². The standard InChI is InChI=1S/C13H19N3O2/c1-15(2)7-5-10-9-16(3)13(17)11-4-6-14-8-12(11)18-10/h4,6,8,10H,5,7,9H2,1-3H3. The molecule has 0 aromatic carbocycles. The molecule has 0 fully saturated rings. The molecule has 0 saturated heterocycles. The summed E-state index contributed by atoms with van der Waals surface area (Å²) in [6.07, 6.45) is 4.15. The maximum absolute atomic E-state index is 12.1. The highest BCUT2D eigenvalue weighted by Gasteiger charge is 2.26. The van der Waals surface area contributed by atoms with Crippen LogP contribution < -0.4 is 4.74 Å². The average Bonchev–Trinajstić information content (AvgIpc) is 2.46. The van der Waals surface area contributed by atoms with E-state index < -0.39 is 0 Å². The minimum Gasteiger partial charge on any atom is -0.486 e. The van der Waals surface area contributed by atoms with Crippen LogP contribution in [0.5, 0.6) is 5.75 Å². The second kappa shape index (κ2) is 5.35. The Morgan fingerprint density at radius 2 is 2.33 bits per heavy atom. The van der Waals surface area contributed by atoms with Crippen LogP contribution >= 0.6 is 0 Å². The van der Waals surface area contributed by atoms with Crippen LogP contribution in [0.3, 0.4) is 0 Å². The lowest BCUT2D eigenvalue weighted by molar-refractivity contribution is 0.0750. The van der Waals surface area contributed by atoms with Crippen molar-refractivity contribution in [3.8, 4) is 5.75 Å². The molecule has 5 nitrogen and oxygen atoms in total. The van der Waals surface area contributed by atoms with Crippen LogP contribution in [0.4, 0.5) is 0 Å². The van der Waals surface area contributed by atoms with Gasteiger partial charge in [-0.05, 0) is 26.6 Å². The predicted octanol–water partition coefficient (Wildman–Crippen LogP) is 0.866. The minimum absolute atomic E-state index is 0.000229. The van der Waals surface area contributed by atoms with Crippen LogP contribution in [0.15, 0.2) is 18.5 Å². The van der Waals surface area contributed by atoms with Gasteiger partial charge < -0.3 is 14.5 Å². The van der Waals surface area contributed by atoms with E-state index >= 15 is 0 Å². The summed E-state index contributed by atoms with van der Waals surface area (Å²) in [5, 5.41) is 0. The molecule has 0 bridgehead atoms. The molecule has 5 heteroatoms. The van der Waals surface area contributed by atoms with Crippen molar-refractivity contribution >= 4 is 5.91 Å². The summed E-state index contributed by atoms with van der Waals surface area (Å²) in [6.45, 7) is 1.55. The van der Waals surface area contributed by atoms with E-state index in [-0.39, 0.29) is 12.0 Å². The first-order valence-electron chi connectivity index (χ1n) is 6.09. The Kier molecular flexibility index (Phi) is 3.81. The molecule has 98 valence electrons. The van der Waals surface area contributed by atoms with Crippen LogP contribution in [0.2, 0.25) is 0 Å². The Morgan fingerprint density at radius 1 is 1.56 bits per heavy atom. The number of hydrogen-bond acceptors (Lipinski definition) is 4. The topological polar surface area (TPSA) is 45.7 Å². The number of ether oxygens (including phenoxy) is 1. The fourth-order valence-electron chi connectivity index (χ4n) is 2.01. The zero-order valence-corrected chi connectivity index (χ0v) is 11.1. The van der Waals surface area contributed by atoms with Crippen LogP contribution in [0, 0.1) is 0 Å². The van der Waals surface area contributed by atoms with Crippen LogP contribution in [0.1, 0.15) is 16.8 Å². The molecule has 1 atom stereocenters. The molecule has 0 radical (unpaired) electrons. The van der Waals surface area contributed by atoms with Gasteiger partial charge in [-0.25, -0.2) is 0 Å². The molecule has 1 aromatic rings. The number of carbonyl (C=O) groups excluding carboxylic acids is 1. The zero-order valence-electron chi connectivity index (χ0n) is 11.1. The highest BCUT2D eigenvalue weighted by Crippen LogP contribution is 2.24. The molecular weight excluding hydrogens is 230 g/mol. The third-order valence-corrected chi connectivity index (χ3v) is 3.03. The molecular formula is C13H19N3O2. The minimum atomic E-state index is -0.000229. The number of fused-ring (bicyclic) bond motifs is 1. The largest absolute Gasteiger partial charge is 0.486 e. The quantitative estimate of drug-likeness (QED) is 0.797. The van der Waals surface area contributed by atoms with E-state index in [0.29, 0.717) is 17.9 Å². The smallest absolute Gasteiger partial charge is 0.257 e. The van der Waals surface area contributed by atoms with Gasteiger partial charge in [0, 0.05) is 19.8 Å². The fraction of sp³-hybridized carbons (Fsp3) is 0.538. The van der Waals surface area contributed by atoms with Crippen molar-refractivity contribution in [1.29, 1.82) is 0 Å². The predicted molar refractivity (Wildman–Crippen MR) is 68.8 cm³/mol. The molecule has 1 unspecified atom stereocenters. The summed E-state index contributed by atoms with van der Waals surface area (Å²) in [4.78, 5) is 20.0. The molecule has 1 aliphatic heterocycles. The third kappa shape index (κ3) is 2.79. The summed E-state index contributed by atoms with van der Waals surface area (Å²) in [5.74, 6) is 0.593. The van der Waals surface area contributed by atoms with Gasteiger partial charge in [0.05, 0.1) is 18.3 Å². The van der Waals surface area contributed by atoms with E-state index in [0.717, 1.165) is 13.0 Å². The number of hydrogen-bond donors (Lipinski definition) is 0. The van der Waals surface area contributed by atoms with Crippen molar-refractivity contribution in [3.63, 3.8) is 0 Å². The van der Waals surface area contributed by atoms with Crippen molar-refractivity contribution in [2.45, 2.75) is 12.5 Å². The number of amides is 1. The number of nitrogens with zero attached hydrogens (tertiary/aromatic N) is 3. The van der Waals surface area contributed by atoms with Crippen LogP contribution in [-0.4, -0.2) is 61.0 Å². The van der Waals surface area contributed by atoms with Gasteiger partial charge in [0.2, 0.25) is 0 Å². The fourth-order valence-corrected chi connectivity index (χ4v) is 2.01. The number of likely N-dealkylation sites (N-methyl/N-ethyl adjacent to an activating group) is 1. The number of pyridine rings is 1. The Hall–Kier alpha value is -1.62. The van der Waals surface area contributed by atoms with E-state index in [1.165, 1.54) is 0 Å². The van der Waals surface area contributed by atoms with Gasteiger partial charge >= 0.3 is 0 Å². The maximum atomic E-state index is 12.1. The molecule has 2 heterocycles. The van der Waals surface area contributed by atoms with E-state index in [2.05, 4.69) is 9.88 Å². The highest BCUT2D eigenvalue weighted by atomic mass is 16.5. The van der Waals surface area contributed by atoms with E-state index in [1.54, 1.807) is 23.4 Å². The summed E-state index contributed by atoms with van der Waals surface area (Å²) in [7, 11) is 5.87. The summed E-state index contributed by atoms with van der Waals surface area (Å²) >= 11 is 0. The second-order valence-electron chi connectivity index (χ2n) is 4.89. The third-order valence-electron chi connectivity index (χ3n) is 3.03.